The van der Waals surface area contributed by atoms with E-state index >= 15 is 0 Å². The third-order valence-corrected chi connectivity index (χ3v) is 4.27. The highest BCUT2D eigenvalue weighted by Crippen LogP contribution is 2.30. The van der Waals surface area contributed by atoms with Crippen molar-refractivity contribution in [1.29, 1.82) is 5.26 Å². The molecule has 0 bridgehead atoms. The molecule has 3 aromatic rings. The van der Waals surface area contributed by atoms with Gasteiger partial charge in [0.1, 0.15) is 11.9 Å². The summed E-state index contributed by atoms with van der Waals surface area (Å²) in [6.45, 7) is 4.80. The summed E-state index contributed by atoms with van der Waals surface area (Å²) < 4.78 is 11.2. The predicted molar refractivity (Wildman–Crippen MR) is 108 cm³/mol. The van der Waals surface area contributed by atoms with Gasteiger partial charge in [0.2, 0.25) is 0 Å². The highest BCUT2D eigenvalue weighted by Gasteiger charge is 2.10. The number of rotatable bonds is 7. The van der Waals surface area contributed by atoms with E-state index < -0.39 is 0 Å². The molecule has 0 aliphatic rings. The Kier molecular flexibility index (Phi) is 5.77. The monoisotopic (exact) mass is 361 g/mol. The number of methoxy groups -OCH3 is 1. The van der Waals surface area contributed by atoms with Gasteiger partial charge in [-0.1, -0.05) is 25.5 Å². The number of aryl methyl sites for hydroxylation is 1. The summed E-state index contributed by atoms with van der Waals surface area (Å²) in [6.07, 6.45) is 3.86. The van der Waals surface area contributed by atoms with E-state index in [4.69, 9.17) is 9.47 Å². The van der Waals surface area contributed by atoms with Crippen molar-refractivity contribution in [2.45, 2.75) is 26.7 Å². The average Bonchev–Trinajstić information content (AvgIpc) is 3.09. The Balaban J connectivity index is 1.91. The molecule has 0 saturated carbocycles. The molecule has 27 heavy (non-hydrogen) atoms. The van der Waals surface area contributed by atoms with Gasteiger partial charge in [-0.2, -0.15) is 5.26 Å². The van der Waals surface area contributed by atoms with Crippen LogP contribution in [0.2, 0.25) is 0 Å². The molecule has 0 saturated heterocycles. The van der Waals surface area contributed by atoms with Gasteiger partial charge in [0.25, 0.3) is 0 Å². The van der Waals surface area contributed by atoms with Crippen LogP contribution in [-0.4, -0.2) is 23.7 Å². The number of benzene rings is 2. The maximum atomic E-state index is 9.61. The lowest BCUT2D eigenvalue weighted by Gasteiger charge is -2.11. The van der Waals surface area contributed by atoms with E-state index in [-0.39, 0.29) is 0 Å². The molecule has 2 aromatic carbocycles. The number of unbranched alkanes of at least 4 members (excludes halogenated alkanes) is 1. The van der Waals surface area contributed by atoms with Gasteiger partial charge in [-0.3, -0.25) is 0 Å². The fourth-order valence-electron chi connectivity index (χ4n) is 2.79. The number of aromatic nitrogens is 2. The van der Waals surface area contributed by atoms with Gasteiger partial charge in [0, 0.05) is 0 Å². The van der Waals surface area contributed by atoms with Crippen LogP contribution in [0.3, 0.4) is 0 Å². The van der Waals surface area contributed by atoms with Crippen LogP contribution < -0.4 is 9.47 Å². The first kappa shape index (κ1) is 18.5. The number of hydrogen-bond acceptors (Lipinski definition) is 4. The molecule has 1 N–H and O–H groups in total. The Morgan fingerprint density at radius 2 is 2.07 bits per heavy atom. The van der Waals surface area contributed by atoms with Gasteiger partial charge in [0.15, 0.2) is 11.5 Å². The van der Waals surface area contributed by atoms with E-state index in [0.717, 1.165) is 35.0 Å². The molecule has 1 heterocycles. The SMILES string of the molecule is CCCCOc1ccc(C=C(C#N)c2nc3ccc(C)cc3[nH]2)cc1OC. The normalized spacial score (nSPS) is 11.4. The number of nitriles is 1. The van der Waals surface area contributed by atoms with Crippen LogP contribution in [0.4, 0.5) is 0 Å². The number of aromatic amines is 1. The Labute approximate surface area is 159 Å². The van der Waals surface area contributed by atoms with Crippen LogP contribution in [0.5, 0.6) is 11.5 Å². The largest absolute Gasteiger partial charge is 0.493 e. The molecule has 0 aliphatic carbocycles. The molecule has 0 amide bonds. The molecule has 138 valence electrons. The zero-order valence-electron chi connectivity index (χ0n) is 15.9. The quantitative estimate of drug-likeness (QED) is 0.468. The van der Waals surface area contributed by atoms with Crippen molar-refractivity contribution in [2.75, 3.05) is 13.7 Å². The number of imidazole rings is 1. The van der Waals surface area contributed by atoms with E-state index in [1.165, 1.54) is 0 Å². The van der Waals surface area contributed by atoms with Crippen molar-refractivity contribution in [3.63, 3.8) is 0 Å². The lowest BCUT2D eigenvalue weighted by atomic mass is 10.1. The molecule has 0 atom stereocenters. The highest BCUT2D eigenvalue weighted by molar-refractivity contribution is 5.90. The summed E-state index contributed by atoms with van der Waals surface area (Å²) in [7, 11) is 1.61. The van der Waals surface area contributed by atoms with Gasteiger partial charge in [-0.05, 0) is 54.8 Å². The van der Waals surface area contributed by atoms with Crippen LogP contribution in [0, 0.1) is 18.3 Å². The van der Waals surface area contributed by atoms with E-state index in [1.54, 1.807) is 13.2 Å². The molecule has 0 aliphatic heterocycles. The van der Waals surface area contributed by atoms with Gasteiger partial charge in [-0.15, -0.1) is 0 Å². The summed E-state index contributed by atoms with van der Waals surface area (Å²) in [6, 6.07) is 13.9. The van der Waals surface area contributed by atoms with E-state index in [2.05, 4.69) is 23.0 Å². The molecule has 0 spiro atoms. The van der Waals surface area contributed by atoms with Crippen molar-refractivity contribution in [3.05, 3.63) is 53.3 Å². The highest BCUT2D eigenvalue weighted by atomic mass is 16.5. The van der Waals surface area contributed by atoms with E-state index in [9.17, 15) is 5.26 Å². The molecule has 5 heteroatoms. The zero-order valence-corrected chi connectivity index (χ0v) is 15.9. The van der Waals surface area contributed by atoms with Crippen LogP contribution >= 0.6 is 0 Å². The number of nitrogens with zero attached hydrogens (tertiary/aromatic N) is 2. The average molecular weight is 361 g/mol. The maximum Gasteiger partial charge on any atom is 0.161 e. The summed E-state index contributed by atoms with van der Waals surface area (Å²) >= 11 is 0. The zero-order chi connectivity index (χ0) is 19.2. The lowest BCUT2D eigenvalue weighted by Crippen LogP contribution is -1.99. The third-order valence-electron chi connectivity index (χ3n) is 4.27. The summed E-state index contributed by atoms with van der Waals surface area (Å²) in [5.41, 5.74) is 4.22. The van der Waals surface area contributed by atoms with Gasteiger partial charge in [0.05, 0.1) is 30.3 Å². The van der Waals surface area contributed by atoms with Crippen LogP contribution in [0.1, 0.15) is 36.7 Å². The van der Waals surface area contributed by atoms with Crippen molar-refractivity contribution >= 4 is 22.7 Å². The first-order valence-corrected chi connectivity index (χ1v) is 9.04. The standard InChI is InChI=1S/C22H23N3O2/c1-4-5-10-27-20-9-7-16(13-21(20)26-3)12-17(14-23)22-24-18-8-6-15(2)11-19(18)25-22/h6-9,11-13H,4-5,10H2,1-3H3,(H,24,25). The minimum absolute atomic E-state index is 0.463. The van der Waals surface area contributed by atoms with Gasteiger partial charge < -0.3 is 14.5 Å². The van der Waals surface area contributed by atoms with Crippen molar-refractivity contribution in [2.24, 2.45) is 0 Å². The summed E-state index contributed by atoms with van der Waals surface area (Å²) in [5, 5.41) is 9.61. The number of allylic oxidation sites excluding steroid dienone is 1. The first-order valence-electron chi connectivity index (χ1n) is 9.04. The van der Waals surface area contributed by atoms with Gasteiger partial charge >= 0.3 is 0 Å². The van der Waals surface area contributed by atoms with E-state index in [0.29, 0.717) is 29.5 Å². The fraction of sp³-hybridized carbons (Fsp3) is 0.273. The number of ether oxygens (including phenoxy) is 2. The molecular formula is C22H23N3O2. The molecule has 0 unspecified atom stereocenters. The second-order valence-electron chi connectivity index (χ2n) is 6.39. The summed E-state index contributed by atoms with van der Waals surface area (Å²) in [4.78, 5) is 7.75. The van der Waals surface area contributed by atoms with E-state index in [1.807, 2.05) is 43.3 Å². The second-order valence-corrected chi connectivity index (χ2v) is 6.39. The van der Waals surface area contributed by atoms with Crippen molar-refractivity contribution in [1.82, 2.24) is 9.97 Å². The lowest BCUT2D eigenvalue weighted by molar-refractivity contribution is 0.288. The number of fused-ring (bicyclic) bond motifs is 1. The molecule has 0 fully saturated rings. The van der Waals surface area contributed by atoms with Gasteiger partial charge in [-0.25, -0.2) is 4.98 Å². The van der Waals surface area contributed by atoms with Crippen molar-refractivity contribution in [3.8, 4) is 17.6 Å². The predicted octanol–water partition coefficient (Wildman–Crippen LogP) is 5.12. The fourth-order valence-corrected chi connectivity index (χ4v) is 2.79. The molecular weight excluding hydrogens is 338 g/mol. The minimum Gasteiger partial charge on any atom is -0.493 e. The Morgan fingerprint density at radius 1 is 1.22 bits per heavy atom. The summed E-state index contributed by atoms with van der Waals surface area (Å²) in [5.74, 6) is 1.92. The smallest absolute Gasteiger partial charge is 0.161 e. The Bertz CT molecular complexity index is 1010. The van der Waals surface area contributed by atoms with Crippen LogP contribution in [0.25, 0.3) is 22.7 Å². The second kappa shape index (κ2) is 8.41. The Hall–Kier alpha value is -3.26. The third kappa shape index (κ3) is 4.29. The minimum atomic E-state index is 0.463. The van der Waals surface area contributed by atoms with Crippen LogP contribution in [-0.2, 0) is 0 Å². The number of hydrogen-bond donors (Lipinski definition) is 1. The molecule has 0 radical (unpaired) electrons. The van der Waals surface area contributed by atoms with Crippen molar-refractivity contribution < 1.29 is 9.47 Å². The molecule has 5 nitrogen and oxygen atoms in total. The first-order chi connectivity index (χ1) is 13.1. The topological polar surface area (TPSA) is 70.9 Å². The van der Waals surface area contributed by atoms with Crippen LogP contribution in [0.15, 0.2) is 36.4 Å². The maximum absolute atomic E-state index is 9.61. The Morgan fingerprint density at radius 3 is 2.81 bits per heavy atom. The molecule has 1 aromatic heterocycles. The molecule has 3 rings (SSSR count). The number of nitrogens with one attached hydrogen (secondary N) is 1. The number of H-pyrrole nitrogens is 1.